The van der Waals surface area contributed by atoms with Gasteiger partial charge in [-0.25, -0.2) is 0 Å². The first kappa shape index (κ1) is 24.2. The average molecular weight is 438 g/mol. The number of methoxy groups -OCH3 is 3. The molecular formula is C20H30N4O7. The Hall–Kier alpha value is -3.08. The predicted octanol–water partition coefficient (Wildman–Crippen LogP) is 1.29. The zero-order valence-corrected chi connectivity index (χ0v) is 18.4. The van der Waals surface area contributed by atoms with Crippen LogP contribution in [-0.4, -0.2) is 87.1 Å². The number of hydrogen-bond acceptors (Lipinski definition) is 8. The molecule has 1 aromatic rings. The summed E-state index contributed by atoms with van der Waals surface area (Å²) in [7, 11) is 3.98. The predicted molar refractivity (Wildman–Crippen MR) is 113 cm³/mol. The number of nitrogens with one attached hydrogen (secondary N) is 1. The second kappa shape index (κ2) is 11.3. The summed E-state index contributed by atoms with van der Waals surface area (Å²) in [6, 6.07) is 1.30. The molecule has 1 fully saturated rings. The van der Waals surface area contributed by atoms with Gasteiger partial charge < -0.3 is 24.4 Å². The van der Waals surface area contributed by atoms with Crippen LogP contribution in [0.25, 0.3) is 0 Å². The standard InChI is InChI=1S/C20H30N4O7/c1-5-6-7-21-16(25)13-22-8-10-23(11-9-22)20(26)14-12-15(29-2)18(30-3)19(31-4)17(14)24(27)28/h12H,5-11,13H2,1-4H3,(H,21,25). The number of amides is 2. The van der Waals surface area contributed by atoms with E-state index in [1.54, 1.807) is 0 Å². The Morgan fingerprint density at radius 2 is 1.74 bits per heavy atom. The SMILES string of the molecule is CCCCNC(=O)CN1CCN(C(=O)c2cc(OC)c(OC)c(OC)c2[N+](=O)[O-])CC1. The number of rotatable bonds is 10. The maximum Gasteiger partial charge on any atom is 0.327 e. The van der Waals surface area contributed by atoms with Gasteiger partial charge in [0.25, 0.3) is 5.91 Å². The van der Waals surface area contributed by atoms with Gasteiger partial charge in [-0.3, -0.25) is 24.6 Å². The summed E-state index contributed by atoms with van der Waals surface area (Å²) in [4.78, 5) is 39.7. The normalized spacial score (nSPS) is 14.1. The Labute approximate surface area is 181 Å². The quantitative estimate of drug-likeness (QED) is 0.329. The van der Waals surface area contributed by atoms with Crippen molar-refractivity contribution in [3.05, 3.63) is 21.7 Å². The molecule has 172 valence electrons. The molecule has 11 nitrogen and oxygen atoms in total. The zero-order valence-electron chi connectivity index (χ0n) is 18.4. The van der Waals surface area contributed by atoms with Crippen LogP contribution in [-0.2, 0) is 4.79 Å². The molecule has 1 aliphatic rings. The molecule has 2 amide bonds. The van der Waals surface area contributed by atoms with Gasteiger partial charge in [0.1, 0.15) is 5.56 Å². The lowest BCUT2D eigenvalue weighted by atomic mass is 10.1. The van der Waals surface area contributed by atoms with E-state index in [9.17, 15) is 19.7 Å². The van der Waals surface area contributed by atoms with Crippen molar-refractivity contribution in [1.29, 1.82) is 0 Å². The zero-order chi connectivity index (χ0) is 23.0. The Morgan fingerprint density at radius 3 is 2.26 bits per heavy atom. The number of benzene rings is 1. The summed E-state index contributed by atoms with van der Waals surface area (Å²) in [6.07, 6.45) is 1.94. The summed E-state index contributed by atoms with van der Waals surface area (Å²) in [5.74, 6) is -0.507. The fourth-order valence-electron chi connectivity index (χ4n) is 3.43. The fourth-order valence-corrected chi connectivity index (χ4v) is 3.43. The van der Waals surface area contributed by atoms with Crippen molar-refractivity contribution in [3.63, 3.8) is 0 Å². The minimum atomic E-state index is -0.662. The molecule has 11 heteroatoms. The van der Waals surface area contributed by atoms with E-state index in [0.717, 1.165) is 12.8 Å². The number of nitro benzene ring substituents is 1. The second-order valence-corrected chi connectivity index (χ2v) is 7.07. The third-order valence-electron chi connectivity index (χ3n) is 5.10. The largest absolute Gasteiger partial charge is 0.493 e. The Balaban J connectivity index is 2.15. The van der Waals surface area contributed by atoms with Crippen molar-refractivity contribution in [2.45, 2.75) is 19.8 Å². The number of piperazine rings is 1. The molecule has 0 spiro atoms. The minimum Gasteiger partial charge on any atom is -0.493 e. The first-order valence-corrected chi connectivity index (χ1v) is 10.1. The molecule has 0 aromatic heterocycles. The summed E-state index contributed by atoms with van der Waals surface area (Å²) in [5, 5.41) is 14.6. The minimum absolute atomic E-state index is 0.0477. The molecular weight excluding hydrogens is 408 g/mol. The van der Waals surface area contributed by atoms with E-state index in [1.807, 2.05) is 4.90 Å². The highest BCUT2D eigenvalue weighted by molar-refractivity contribution is 6.00. The molecule has 2 rings (SSSR count). The number of ether oxygens (including phenoxy) is 3. The molecule has 1 heterocycles. The maximum absolute atomic E-state index is 13.1. The maximum atomic E-state index is 13.1. The molecule has 0 unspecified atom stereocenters. The van der Waals surface area contributed by atoms with Crippen molar-refractivity contribution in [3.8, 4) is 17.2 Å². The third-order valence-corrected chi connectivity index (χ3v) is 5.10. The van der Waals surface area contributed by atoms with E-state index in [4.69, 9.17) is 14.2 Å². The van der Waals surface area contributed by atoms with E-state index < -0.39 is 16.5 Å². The molecule has 1 saturated heterocycles. The van der Waals surface area contributed by atoms with Crippen LogP contribution in [0, 0.1) is 10.1 Å². The molecule has 0 bridgehead atoms. The molecule has 1 N–H and O–H groups in total. The first-order chi connectivity index (χ1) is 14.9. The first-order valence-electron chi connectivity index (χ1n) is 10.1. The highest BCUT2D eigenvalue weighted by Gasteiger charge is 2.35. The van der Waals surface area contributed by atoms with Crippen LogP contribution in [0.15, 0.2) is 6.07 Å². The van der Waals surface area contributed by atoms with Gasteiger partial charge in [0, 0.05) is 38.8 Å². The van der Waals surface area contributed by atoms with Gasteiger partial charge in [-0.15, -0.1) is 0 Å². The van der Waals surface area contributed by atoms with Crippen molar-refractivity contribution in [1.82, 2.24) is 15.1 Å². The molecule has 1 aliphatic heterocycles. The topological polar surface area (TPSA) is 123 Å². The molecule has 0 radical (unpaired) electrons. The van der Waals surface area contributed by atoms with E-state index in [0.29, 0.717) is 32.7 Å². The number of nitro groups is 1. The van der Waals surface area contributed by atoms with Gasteiger partial charge in [-0.2, -0.15) is 0 Å². The van der Waals surface area contributed by atoms with Crippen molar-refractivity contribution < 1.29 is 28.7 Å². The highest BCUT2D eigenvalue weighted by Crippen LogP contribution is 2.46. The van der Waals surface area contributed by atoms with E-state index in [1.165, 1.54) is 32.3 Å². The molecule has 0 aliphatic carbocycles. The lowest BCUT2D eigenvalue weighted by molar-refractivity contribution is -0.386. The van der Waals surface area contributed by atoms with Crippen LogP contribution >= 0.6 is 0 Å². The van der Waals surface area contributed by atoms with E-state index >= 15 is 0 Å². The second-order valence-electron chi connectivity index (χ2n) is 7.07. The van der Waals surface area contributed by atoms with Gasteiger partial charge in [-0.1, -0.05) is 13.3 Å². The van der Waals surface area contributed by atoms with Crippen LogP contribution in [0.2, 0.25) is 0 Å². The lowest BCUT2D eigenvalue weighted by Gasteiger charge is -2.34. The van der Waals surface area contributed by atoms with Gasteiger partial charge in [0.05, 0.1) is 32.8 Å². The lowest BCUT2D eigenvalue weighted by Crippen LogP contribution is -2.51. The fraction of sp³-hybridized carbons (Fsp3) is 0.600. The Morgan fingerprint density at radius 1 is 1.10 bits per heavy atom. The number of unbranched alkanes of at least 4 members (excludes halogenated alkanes) is 1. The number of nitrogens with zero attached hydrogens (tertiary/aromatic N) is 3. The third kappa shape index (κ3) is 5.75. The Bertz CT molecular complexity index is 807. The summed E-state index contributed by atoms with van der Waals surface area (Å²) in [5.41, 5.74) is -0.604. The van der Waals surface area contributed by atoms with E-state index in [2.05, 4.69) is 12.2 Å². The number of hydrogen-bond donors (Lipinski definition) is 1. The molecule has 1 aromatic carbocycles. The Kier molecular flexibility index (Phi) is 8.86. The van der Waals surface area contributed by atoms with Crippen LogP contribution in [0.4, 0.5) is 5.69 Å². The van der Waals surface area contributed by atoms with Crippen molar-refractivity contribution in [2.75, 3.05) is 60.6 Å². The van der Waals surface area contributed by atoms with Gasteiger partial charge in [0.2, 0.25) is 17.4 Å². The number of carbonyl (C=O) groups is 2. The molecule has 31 heavy (non-hydrogen) atoms. The monoisotopic (exact) mass is 438 g/mol. The molecule has 0 atom stereocenters. The van der Waals surface area contributed by atoms with E-state index in [-0.39, 0.29) is 35.3 Å². The van der Waals surface area contributed by atoms with Crippen LogP contribution in [0.3, 0.4) is 0 Å². The molecule has 0 saturated carbocycles. The van der Waals surface area contributed by atoms with Crippen molar-refractivity contribution >= 4 is 17.5 Å². The van der Waals surface area contributed by atoms with Crippen LogP contribution in [0.5, 0.6) is 17.2 Å². The highest BCUT2D eigenvalue weighted by atomic mass is 16.6. The number of carbonyl (C=O) groups excluding carboxylic acids is 2. The van der Waals surface area contributed by atoms with Crippen LogP contribution in [0.1, 0.15) is 30.1 Å². The smallest absolute Gasteiger partial charge is 0.327 e. The summed E-state index contributed by atoms with van der Waals surface area (Å²) >= 11 is 0. The van der Waals surface area contributed by atoms with Gasteiger partial charge in [-0.05, 0) is 6.42 Å². The summed E-state index contributed by atoms with van der Waals surface area (Å²) in [6.45, 7) is 4.63. The van der Waals surface area contributed by atoms with Gasteiger partial charge in [0.15, 0.2) is 5.75 Å². The van der Waals surface area contributed by atoms with Gasteiger partial charge >= 0.3 is 5.69 Å². The van der Waals surface area contributed by atoms with Crippen LogP contribution < -0.4 is 19.5 Å². The summed E-state index contributed by atoms with van der Waals surface area (Å²) < 4.78 is 15.6. The average Bonchev–Trinajstić information content (AvgIpc) is 2.77. The van der Waals surface area contributed by atoms with Crippen molar-refractivity contribution in [2.24, 2.45) is 0 Å².